The molecule has 2 heterocycles. The van der Waals surface area contributed by atoms with Gasteiger partial charge in [-0.2, -0.15) is 0 Å². The Morgan fingerprint density at radius 3 is 2.63 bits per heavy atom. The van der Waals surface area contributed by atoms with Crippen molar-refractivity contribution in [1.29, 1.82) is 0 Å². The molecular weight excluding hydrogens is 244 g/mol. The van der Waals surface area contributed by atoms with Crippen molar-refractivity contribution in [2.45, 2.75) is 32.7 Å². The molecule has 6 nitrogen and oxygen atoms in total. The molecule has 1 saturated heterocycles. The molecule has 1 fully saturated rings. The summed E-state index contributed by atoms with van der Waals surface area (Å²) in [5, 5.41) is 10.8. The Hall–Kier alpha value is -1.69. The molecule has 1 aliphatic heterocycles. The Balaban J connectivity index is 2.08. The van der Waals surface area contributed by atoms with Gasteiger partial charge in [0.15, 0.2) is 0 Å². The molecule has 2 N–H and O–H groups in total. The highest BCUT2D eigenvalue weighted by Crippen LogP contribution is 2.26. The highest BCUT2D eigenvalue weighted by molar-refractivity contribution is 5.48. The quantitative estimate of drug-likeness (QED) is 0.665. The predicted octanol–water partition coefficient (Wildman–Crippen LogP) is 1.86. The SMILES string of the molecule is Cc1cc(N2CCC(C(C)N)CC2)ncc1[N+](=O)[O-]. The van der Waals surface area contributed by atoms with Gasteiger partial charge < -0.3 is 10.6 Å². The third-order valence-electron chi connectivity index (χ3n) is 3.87. The average Bonchev–Trinajstić information content (AvgIpc) is 2.38. The Kier molecular flexibility index (Phi) is 3.99. The molecule has 0 aliphatic carbocycles. The van der Waals surface area contributed by atoms with Gasteiger partial charge >= 0.3 is 0 Å². The van der Waals surface area contributed by atoms with Crippen LogP contribution in [0.1, 0.15) is 25.3 Å². The van der Waals surface area contributed by atoms with Gasteiger partial charge in [0.1, 0.15) is 12.0 Å². The van der Waals surface area contributed by atoms with Gasteiger partial charge in [0, 0.05) is 24.7 Å². The maximum Gasteiger partial charge on any atom is 0.290 e. The topological polar surface area (TPSA) is 85.3 Å². The molecule has 0 amide bonds. The highest BCUT2D eigenvalue weighted by atomic mass is 16.6. The molecule has 0 bridgehead atoms. The van der Waals surface area contributed by atoms with Crippen molar-refractivity contribution in [2.75, 3.05) is 18.0 Å². The molecular formula is C13H20N4O2. The number of pyridine rings is 1. The van der Waals surface area contributed by atoms with Crippen LogP contribution in [0.3, 0.4) is 0 Å². The van der Waals surface area contributed by atoms with Crippen molar-refractivity contribution >= 4 is 11.5 Å². The third kappa shape index (κ3) is 3.01. The second-order valence-electron chi connectivity index (χ2n) is 5.27. The number of anilines is 1. The lowest BCUT2D eigenvalue weighted by Gasteiger charge is -2.34. The van der Waals surface area contributed by atoms with Crippen LogP contribution < -0.4 is 10.6 Å². The summed E-state index contributed by atoms with van der Waals surface area (Å²) in [4.78, 5) is 16.8. The Bertz CT molecular complexity index is 468. The van der Waals surface area contributed by atoms with E-state index in [4.69, 9.17) is 5.73 Å². The summed E-state index contributed by atoms with van der Waals surface area (Å²) in [5.74, 6) is 1.39. The van der Waals surface area contributed by atoms with Crippen molar-refractivity contribution in [2.24, 2.45) is 11.7 Å². The number of piperidine rings is 1. The van der Waals surface area contributed by atoms with Crippen LogP contribution >= 0.6 is 0 Å². The Labute approximate surface area is 112 Å². The zero-order valence-electron chi connectivity index (χ0n) is 11.4. The fourth-order valence-corrected chi connectivity index (χ4v) is 2.55. The van der Waals surface area contributed by atoms with Crippen molar-refractivity contribution < 1.29 is 4.92 Å². The maximum atomic E-state index is 10.8. The first-order valence-electron chi connectivity index (χ1n) is 6.60. The number of nitrogens with two attached hydrogens (primary N) is 1. The summed E-state index contributed by atoms with van der Waals surface area (Å²) < 4.78 is 0. The van der Waals surface area contributed by atoms with Crippen LogP contribution in [0.2, 0.25) is 0 Å². The summed E-state index contributed by atoms with van der Waals surface area (Å²) in [7, 11) is 0. The number of aryl methyl sites for hydroxylation is 1. The Morgan fingerprint density at radius 2 is 2.16 bits per heavy atom. The van der Waals surface area contributed by atoms with Crippen LogP contribution in [0.5, 0.6) is 0 Å². The fourth-order valence-electron chi connectivity index (χ4n) is 2.55. The van der Waals surface area contributed by atoms with Crippen molar-refractivity contribution in [1.82, 2.24) is 4.98 Å². The van der Waals surface area contributed by atoms with E-state index in [0.29, 0.717) is 11.5 Å². The number of hydrogen-bond acceptors (Lipinski definition) is 5. The molecule has 1 aliphatic rings. The minimum absolute atomic E-state index is 0.0780. The molecule has 104 valence electrons. The summed E-state index contributed by atoms with van der Waals surface area (Å²) in [6.07, 6.45) is 3.45. The van der Waals surface area contributed by atoms with Crippen molar-refractivity contribution in [3.63, 3.8) is 0 Å². The lowest BCUT2D eigenvalue weighted by molar-refractivity contribution is -0.385. The summed E-state index contributed by atoms with van der Waals surface area (Å²) in [5.41, 5.74) is 6.65. The molecule has 2 rings (SSSR count). The van der Waals surface area contributed by atoms with Gasteiger partial charge in [0.25, 0.3) is 5.69 Å². The van der Waals surface area contributed by atoms with E-state index >= 15 is 0 Å². The second kappa shape index (κ2) is 5.52. The van der Waals surface area contributed by atoms with Gasteiger partial charge in [0.2, 0.25) is 0 Å². The Morgan fingerprint density at radius 1 is 1.53 bits per heavy atom. The highest BCUT2D eigenvalue weighted by Gasteiger charge is 2.23. The van der Waals surface area contributed by atoms with Gasteiger partial charge in [-0.25, -0.2) is 4.98 Å². The van der Waals surface area contributed by atoms with E-state index < -0.39 is 4.92 Å². The summed E-state index contributed by atoms with van der Waals surface area (Å²) in [6.45, 7) is 5.62. The van der Waals surface area contributed by atoms with E-state index in [0.717, 1.165) is 31.7 Å². The smallest absolute Gasteiger partial charge is 0.290 e. The lowest BCUT2D eigenvalue weighted by atomic mass is 9.91. The molecule has 1 unspecified atom stereocenters. The fraction of sp³-hybridized carbons (Fsp3) is 0.615. The number of hydrogen-bond donors (Lipinski definition) is 1. The molecule has 0 spiro atoms. The summed E-state index contributed by atoms with van der Waals surface area (Å²) >= 11 is 0. The first-order valence-corrected chi connectivity index (χ1v) is 6.60. The molecule has 0 aromatic carbocycles. The van der Waals surface area contributed by atoms with E-state index in [1.54, 1.807) is 13.0 Å². The zero-order chi connectivity index (χ0) is 14.0. The van der Waals surface area contributed by atoms with Gasteiger partial charge in [-0.1, -0.05) is 0 Å². The first kappa shape index (κ1) is 13.7. The number of aromatic nitrogens is 1. The lowest BCUT2D eigenvalue weighted by Crippen LogP contribution is -2.40. The van der Waals surface area contributed by atoms with E-state index in [1.165, 1.54) is 6.20 Å². The van der Waals surface area contributed by atoms with Crippen molar-refractivity contribution in [3.8, 4) is 0 Å². The third-order valence-corrected chi connectivity index (χ3v) is 3.87. The van der Waals surface area contributed by atoms with Gasteiger partial charge in [-0.3, -0.25) is 10.1 Å². The zero-order valence-corrected chi connectivity index (χ0v) is 11.4. The monoisotopic (exact) mass is 264 g/mol. The van der Waals surface area contributed by atoms with Crippen molar-refractivity contribution in [3.05, 3.63) is 27.9 Å². The molecule has 19 heavy (non-hydrogen) atoms. The molecule has 6 heteroatoms. The van der Waals surface area contributed by atoms with Crippen LogP contribution in [0.25, 0.3) is 0 Å². The van der Waals surface area contributed by atoms with Crippen LogP contribution in [0.4, 0.5) is 11.5 Å². The maximum absolute atomic E-state index is 10.8. The summed E-state index contributed by atoms with van der Waals surface area (Å²) in [6, 6.07) is 2.03. The largest absolute Gasteiger partial charge is 0.357 e. The number of nitro groups is 1. The molecule has 0 radical (unpaired) electrons. The van der Waals surface area contributed by atoms with Crippen LogP contribution in [-0.2, 0) is 0 Å². The predicted molar refractivity (Wildman–Crippen MR) is 74.2 cm³/mol. The van der Waals surface area contributed by atoms with E-state index in [9.17, 15) is 10.1 Å². The van der Waals surface area contributed by atoms with Crippen LogP contribution in [-0.4, -0.2) is 29.0 Å². The molecule has 1 atom stereocenters. The first-order chi connectivity index (χ1) is 8.99. The second-order valence-corrected chi connectivity index (χ2v) is 5.27. The normalized spacial score (nSPS) is 18.4. The van der Waals surface area contributed by atoms with Gasteiger partial charge in [0.05, 0.1) is 4.92 Å². The van der Waals surface area contributed by atoms with Gasteiger partial charge in [-0.05, 0) is 38.7 Å². The van der Waals surface area contributed by atoms with Crippen LogP contribution in [0.15, 0.2) is 12.3 Å². The number of rotatable bonds is 3. The van der Waals surface area contributed by atoms with E-state index in [2.05, 4.69) is 16.8 Å². The molecule has 0 saturated carbocycles. The van der Waals surface area contributed by atoms with Crippen LogP contribution in [0, 0.1) is 23.0 Å². The minimum atomic E-state index is -0.394. The van der Waals surface area contributed by atoms with Gasteiger partial charge in [-0.15, -0.1) is 0 Å². The van der Waals surface area contributed by atoms with E-state index in [1.807, 2.05) is 0 Å². The molecule has 1 aromatic rings. The average molecular weight is 264 g/mol. The minimum Gasteiger partial charge on any atom is -0.357 e. The number of nitrogens with zero attached hydrogens (tertiary/aromatic N) is 3. The standard InChI is InChI=1S/C13H20N4O2/c1-9-7-13(15-8-12(9)17(18)19)16-5-3-11(4-6-16)10(2)14/h7-8,10-11H,3-6,14H2,1-2H3. The van der Waals surface area contributed by atoms with E-state index in [-0.39, 0.29) is 11.7 Å². The molecule has 1 aromatic heterocycles.